The van der Waals surface area contributed by atoms with E-state index in [-0.39, 0.29) is 17.7 Å². The summed E-state index contributed by atoms with van der Waals surface area (Å²) < 4.78 is 19.0. The van der Waals surface area contributed by atoms with Crippen LogP contribution in [0.25, 0.3) is 0 Å². The van der Waals surface area contributed by atoms with E-state index in [1.807, 2.05) is 12.1 Å². The molecule has 1 saturated heterocycles. The van der Waals surface area contributed by atoms with Crippen molar-refractivity contribution >= 4 is 17.6 Å². The van der Waals surface area contributed by atoms with E-state index in [9.17, 15) is 14.0 Å². The van der Waals surface area contributed by atoms with E-state index in [1.54, 1.807) is 35.6 Å². The third-order valence-corrected chi connectivity index (χ3v) is 5.33. The summed E-state index contributed by atoms with van der Waals surface area (Å²) in [4.78, 5) is 35.6. The van der Waals surface area contributed by atoms with Crippen LogP contribution in [-0.2, 0) is 11.4 Å². The molecule has 32 heavy (non-hydrogen) atoms. The van der Waals surface area contributed by atoms with Gasteiger partial charge in [0.25, 0.3) is 5.91 Å². The van der Waals surface area contributed by atoms with Crippen LogP contribution in [0, 0.1) is 11.7 Å². The highest BCUT2D eigenvalue weighted by Gasteiger charge is 2.29. The van der Waals surface area contributed by atoms with Crippen LogP contribution in [-0.4, -0.2) is 39.8 Å². The molecule has 1 aromatic carbocycles. The largest absolute Gasteiger partial charge is 0.485 e. The molecule has 1 N–H and O–H groups in total. The van der Waals surface area contributed by atoms with Crippen molar-refractivity contribution in [2.24, 2.45) is 5.92 Å². The van der Waals surface area contributed by atoms with Crippen molar-refractivity contribution in [2.45, 2.75) is 19.4 Å². The molecule has 164 valence electrons. The molecule has 0 radical (unpaired) electrons. The highest BCUT2D eigenvalue weighted by Crippen LogP contribution is 2.25. The Balaban J connectivity index is 1.39. The van der Waals surface area contributed by atoms with Gasteiger partial charge in [-0.1, -0.05) is 0 Å². The molecule has 0 saturated carbocycles. The summed E-state index contributed by atoms with van der Waals surface area (Å²) >= 11 is 0. The average molecular weight is 434 g/mol. The minimum absolute atomic E-state index is 0.207. The van der Waals surface area contributed by atoms with Gasteiger partial charge in [-0.15, -0.1) is 0 Å². The van der Waals surface area contributed by atoms with E-state index in [2.05, 4.69) is 15.3 Å². The number of pyridine rings is 2. The van der Waals surface area contributed by atoms with Gasteiger partial charge in [-0.05, 0) is 66.9 Å². The van der Waals surface area contributed by atoms with Gasteiger partial charge in [-0.3, -0.25) is 14.6 Å². The van der Waals surface area contributed by atoms with Crippen LogP contribution < -0.4 is 10.1 Å². The minimum atomic E-state index is -0.394. The van der Waals surface area contributed by atoms with E-state index in [0.717, 1.165) is 5.56 Å². The van der Waals surface area contributed by atoms with Crippen molar-refractivity contribution in [1.29, 1.82) is 0 Å². The second-order valence-corrected chi connectivity index (χ2v) is 7.58. The normalized spacial score (nSPS) is 15.8. The molecule has 1 unspecified atom stereocenters. The van der Waals surface area contributed by atoms with Crippen molar-refractivity contribution in [2.75, 3.05) is 18.4 Å². The lowest BCUT2D eigenvalue weighted by Crippen LogP contribution is -2.43. The fourth-order valence-corrected chi connectivity index (χ4v) is 3.61. The smallest absolute Gasteiger partial charge is 0.253 e. The summed E-state index contributed by atoms with van der Waals surface area (Å²) in [5.74, 6) is -0.380. The number of likely N-dealkylation sites (tertiary alicyclic amines) is 1. The Morgan fingerprint density at radius 2 is 1.88 bits per heavy atom. The molecule has 1 atom stereocenters. The highest BCUT2D eigenvalue weighted by molar-refractivity contribution is 5.96. The Hall–Kier alpha value is -3.81. The highest BCUT2D eigenvalue weighted by atomic mass is 19.1. The number of hydrogen-bond acceptors (Lipinski definition) is 5. The molecule has 0 aliphatic carbocycles. The standard InChI is InChI=1S/C24H23FN4O3/c25-20-7-5-18(6-8-20)24(31)29-14-2-3-19(15-29)23(30)28-22-21(4-1-11-27-22)32-16-17-9-12-26-13-10-17/h1,4-13,19H,2-3,14-16H2,(H,27,28,30). The minimum Gasteiger partial charge on any atom is -0.485 e. The van der Waals surface area contributed by atoms with Gasteiger partial charge in [0.2, 0.25) is 5.91 Å². The summed E-state index contributed by atoms with van der Waals surface area (Å²) in [6.45, 7) is 1.17. The number of ether oxygens (including phenoxy) is 1. The zero-order valence-corrected chi connectivity index (χ0v) is 17.4. The van der Waals surface area contributed by atoms with Gasteiger partial charge >= 0.3 is 0 Å². The molecule has 8 heteroatoms. The van der Waals surface area contributed by atoms with Crippen LogP contribution in [0.15, 0.2) is 67.1 Å². The van der Waals surface area contributed by atoms with Gasteiger partial charge in [-0.2, -0.15) is 0 Å². The number of carbonyl (C=O) groups is 2. The molecular weight excluding hydrogens is 411 g/mol. The third kappa shape index (κ3) is 5.26. The van der Waals surface area contributed by atoms with E-state index in [1.165, 1.54) is 24.3 Å². The predicted molar refractivity (Wildman–Crippen MR) is 116 cm³/mol. The zero-order valence-electron chi connectivity index (χ0n) is 17.4. The number of halogens is 1. The second-order valence-electron chi connectivity index (χ2n) is 7.58. The molecule has 2 amide bonds. The molecule has 1 aliphatic heterocycles. The second kappa shape index (κ2) is 10.00. The Bertz CT molecular complexity index is 1080. The van der Waals surface area contributed by atoms with Crippen molar-refractivity contribution in [3.63, 3.8) is 0 Å². The number of amides is 2. The molecule has 1 fully saturated rings. The van der Waals surface area contributed by atoms with Crippen molar-refractivity contribution in [3.8, 4) is 5.75 Å². The number of rotatable bonds is 6. The molecule has 4 rings (SSSR count). The molecule has 2 aromatic heterocycles. The van der Waals surface area contributed by atoms with Gasteiger partial charge in [0, 0.05) is 37.2 Å². The maximum Gasteiger partial charge on any atom is 0.253 e. The first-order chi connectivity index (χ1) is 15.6. The quantitative estimate of drug-likeness (QED) is 0.640. The molecule has 0 spiro atoms. The van der Waals surface area contributed by atoms with Crippen LogP contribution in [0.4, 0.5) is 10.2 Å². The van der Waals surface area contributed by atoms with E-state index in [4.69, 9.17) is 4.74 Å². The van der Waals surface area contributed by atoms with Crippen molar-refractivity contribution in [3.05, 3.63) is 84.1 Å². The number of benzene rings is 1. The third-order valence-electron chi connectivity index (χ3n) is 5.33. The summed E-state index contributed by atoms with van der Waals surface area (Å²) in [5, 5.41) is 2.85. The Labute approximate surface area is 185 Å². The van der Waals surface area contributed by atoms with Crippen LogP contribution in [0.1, 0.15) is 28.8 Å². The number of piperidine rings is 1. The van der Waals surface area contributed by atoms with E-state index in [0.29, 0.717) is 49.7 Å². The van der Waals surface area contributed by atoms with E-state index < -0.39 is 5.82 Å². The Morgan fingerprint density at radius 3 is 2.66 bits per heavy atom. The first-order valence-corrected chi connectivity index (χ1v) is 10.4. The SMILES string of the molecule is O=C(Nc1ncccc1OCc1ccncc1)C1CCCN(C(=O)c2ccc(F)cc2)C1. The maximum atomic E-state index is 13.2. The molecule has 3 aromatic rings. The van der Waals surface area contributed by atoms with Crippen LogP contribution in [0.5, 0.6) is 5.75 Å². The van der Waals surface area contributed by atoms with E-state index >= 15 is 0 Å². The van der Waals surface area contributed by atoms with Gasteiger partial charge in [0.15, 0.2) is 11.6 Å². The summed E-state index contributed by atoms with van der Waals surface area (Å²) in [6, 6.07) is 12.6. The summed E-state index contributed by atoms with van der Waals surface area (Å²) in [5.41, 5.74) is 1.35. The van der Waals surface area contributed by atoms with Crippen molar-refractivity contribution in [1.82, 2.24) is 14.9 Å². The monoisotopic (exact) mass is 434 g/mol. The fraction of sp³-hybridized carbons (Fsp3) is 0.250. The fourth-order valence-electron chi connectivity index (χ4n) is 3.61. The number of aromatic nitrogens is 2. The lowest BCUT2D eigenvalue weighted by molar-refractivity contribution is -0.121. The number of carbonyl (C=O) groups excluding carboxylic acids is 2. The first kappa shape index (κ1) is 21.4. The van der Waals surface area contributed by atoms with Gasteiger partial charge in [-0.25, -0.2) is 9.37 Å². The van der Waals surface area contributed by atoms with Gasteiger partial charge < -0.3 is 15.0 Å². The Kier molecular flexibility index (Phi) is 6.69. The van der Waals surface area contributed by atoms with Gasteiger partial charge in [0.1, 0.15) is 12.4 Å². The lowest BCUT2D eigenvalue weighted by atomic mass is 9.96. The van der Waals surface area contributed by atoms with Crippen molar-refractivity contribution < 1.29 is 18.7 Å². The predicted octanol–water partition coefficient (Wildman–Crippen LogP) is 3.69. The average Bonchev–Trinajstić information content (AvgIpc) is 2.84. The summed E-state index contributed by atoms with van der Waals surface area (Å²) in [7, 11) is 0. The number of nitrogens with one attached hydrogen (secondary N) is 1. The lowest BCUT2D eigenvalue weighted by Gasteiger charge is -2.32. The maximum absolute atomic E-state index is 13.2. The van der Waals surface area contributed by atoms with Gasteiger partial charge in [0.05, 0.1) is 5.92 Å². The zero-order chi connectivity index (χ0) is 22.3. The van der Waals surface area contributed by atoms with Crippen LogP contribution in [0.3, 0.4) is 0 Å². The van der Waals surface area contributed by atoms with Crippen LogP contribution in [0.2, 0.25) is 0 Å². The molecule has 7 nitrogen and oxygen atoms in total. The molecule has 0 bridgehead atoms. The first-order valence-electron chi connectivity index (χ1n) is 10.4. The van der Waals surface area contributed by atoms with Crippen LogP contribution >= 0.6 is 0 Å². The number of hydrogen-bond donors (Lipinski definition) is 1. The number of nitrogens with zero attached hydrogens (tertiary/aromatic N) is 3. The summed E-state index contributed by atoms with van der Waals surface area (Å²) in [6.07, 6.45) is 6.33. The number of anilines is 1. The molecular formula is C24H23FN4O3. The molecule has 1 aliphatic rings. The molecule has 3 heterocycles. The Morgan fingerprint density at radius 1 is 1.09 bits per heavy atom. The topological polar surface area (TPSA) is 84.4 Å².